The molecule has 92 valence electrons. The minimum atomic E-state index is -0.666. The number of hydrogen-bond acceptors (Lipinski definition) is 2. The van der Waals surface area contributed by atoms with E-state index in [-0.39, 0.29) is 11.8 Å². The largest absolute Gasteiger partial charge is 0.481 e. The molecule has 0 bridgehead atoms. The van der Waals surface area contributed by atoms with Crippen LogP contribution in [0.3, 0.4) is 0 Å². The average Bonchev–Trinajstić information content (AvgIpc) is 2.71. The summed E-state index contributed by atoms with van der Waals surface area (Å²) in [4.78, 5) is 13.4. The standard InChI is InChI=1S/C14H19NO2/c1-10-8-15(9-13(10)14(16)17)11(2)12-6-4-3-5-7-12/h3-7,10-11,13H,8-9H2,1-2H3,(H,16,17). The van der Waals surface area contributed by atoms with Gasteiger partial charge in [-0.15, -0.1) is 0 Å². The molecular weight excluding hydrogens is 214 g/mol. The Hall–Kier alpha value is -1.35. The Balaban J connectivity index is 2.08. The van der Waals surface area contributed by atoms with Gasteiger partial charge in [0.2, 0.25) is 0 Å². The van der Waals surface area contributed by atoms with E-state index in [0.717, 1.165) is 6.54 Å². The summed E-state index contributed by atoms with van der Waals surface area (Å²) in [5.41, 5.74) is 1.26. The number of likely N-dealkylation sites (tertiary alicyclic amines) is 1. The molecule has 3 nitrogen and oxygen atoms in total. The Morgan fingerprint density at radius 2 is 2.00 bits per heavy atom. The van der Waals surface area contributed by atoms with Gasteiger partial charge in [-0.1, -0.05) is 37.3 Å². The molecule has 1 aromatic carbocycles. The van der Waals surface area contributed by atoms with E-state index in [0.29, 0.717) is 12.6 Å². The highest BCUT2D eigenvalue weighted by molar-refractivity contribution is 5.71. The lowest BCUT2D eigenvalue weighted by molar-refractivity contribution is -0.142. The molecule has 0 spiro atoms. The fourth-order valence-corrected chi connectivity index (χ4v) is 2.58. The first-order chi connectivity index (χ1) is 8.09. The highest BCUT2D eigenvalue weighted by Gasteiger charge is 2.36. The zero-order chi connectivity index (χ0) is 12.4. The van der Waals surface area contributed by atoms with Crippen molar-refractivity contribution in [3.63, 3.8) is 0 Å². The van der Waals surface area contributed by atoms with Crippen molar-refractivity contribution in [3.05, 3.63) is 35.9 Å². The van der Waals surface area contributed by atoms with Crippen LogP contribution in [0, 0.1) is 11.8 Å². The van der Waals surface area contributed by atoms with Gasteiger partial charge in [0.1, 0.15) is 0 Å². The van der Waals surface area contributed by atoms with Crippen molar-refractivity contribution in [2.24, 2.45) is 11.8 Å². The van der Waals surface area contributed by atoms with E-state index in [1.54, 1.807) is 0 Å². The smallest absolute Gasteiger partial charge is 0.308 e. The minimum Gasteiger partial charge on any atom is -0.481 e. The summed E-state index contributed by atoms with van der Waals surface area (Å²) >= 11 is 0. The van der Waals surface area contributed by atoms with E-state index in [4.69, 9.17) is 5.11 Å². The third-order valence-electron chi connectivity index (χ3n) is 3.79. The van der Waals surface area contributed by atoms with E-state index in [2.05, 4.69) is 24.0 Å². The Morgan fingerprint density at radius 3 is 2.53 bits per heavy atom. The molecule has 0 saturated carbocycles. The molecule has 1 aliphatic heterocycles. The normalized spacial score (nSPS) is 26.9. The van der Waals surface area contributed by atoms with Crippen molar-refractivity contribution >= 4 is 5.97 Å². The minimum absolute atomic E-state index is 0.221. The monoisotopic (exact) mass is 233 g/mol. The van der Waals surface area contributed by atoms with Gasteiger partial charge in [0, 0.05) is 19.1 Å². The number of carbonyl (C=O) groups is 1. The van der Waals surface area contributed by atoms with Crippen LogP contribution in [0.1, 0.15) is 25.5 Å². The molecule has 1 N–H and O–H groups in total. The van der Waals surface area contributed by atoms with Crippen LogP contribution in [0.5, 0.6) is 0 Å². The summed E-state index contributed by atoms with van der Waals surface area (Å²) in [5, 5.41) is 9.13. The van der Waals surface area contributed by atoms with Crippen molar-refractivity contribution in [2.75, 3.05) is 13.1 Å². The first kappa shape index (κ1) is 12.1. The summed E-state index contributed by atoms with van der Waals surface area (Å²) in [5.74, 6) is -0.653. The Bertz CT molecular complexity index is 390. The maximum Gasteiger partial charge on any atom is 0.308 e. The van der Waals surface area contributed by atoms with E-state index in [1.165, 1.54) is 5.56 Å². The van der Waals surface area contributed by atoms with Gasteiger partial charge in [-0.05, 0) is 18.4 Å². The fourth-order valence-electron chi connectivity index (χ4n) is 2.58. The molecular formula is C14H19NO2. The average molecular weight is 233 g/mol. The molecule has 17 heavy (non-hydrogen) atoms. The summed E-state index contributed by atoms with van der Waals surface area (Å²) < 4.78 is 0. The number of benzene rings is 1. The number of rotatable bonds is 3. The lowest BCUT2D eigenvalue weighted by Crippen LogP contribution is -2.26. The SMILES string of the molecule is CC1CN(C(C)c2ccccc2)CC1C(=O)O. The number of aliphatic carboxylic acids is 1. The van der Waals surface area contributed by atoms with Gasteiger partial charge in [-0.3, -0.25) is 9.69 Å². The van der Waals surface area contributed by atoms with E-state index in [9.17, 15) is 4.79 Å². The topological polar surface area (TPSA) is 40.5 Å². The molecule has 1 fully saturated rings. The molecule has 1 heterocycles. The van der Waals surface area contributed by atoms with Crippen LogP contribution in [0.2, 0.25) is 0 Å². The summed E-state index contributed by atoms with van der Waals surface area (Å²) in [6.45, 7) is 5.70. The third kappa shape index (κ3) is 2.50. The molecule has 2 rings (SSSR count). The Morgan fingerprint density at radius 1 is 1.35 bits per heavy atom. The second-order valence-electron chi connectivity index (χ2n) is 4.96. The maximum atomic E-state index is 11.1. The molecule has 1 aliphatic rings. The van der Waals surface area contributed by atoms with E-state index < -0.39 is 5.97 Å². The van der Waals surface area contributed by atoms with Crippen LogP contribution in [0.4, 0.5) is 0 Å². The summed E-state index contributed by atoms with van der Waals surface area (Å²) in [6.07, 6.45) is 0. The van der Waals surface area contributed by atoms with Crippen LogP contribution in [-0.4, -0.2) is 29.1 Å². The van der Waals surface area contributed by atoms with Gasteiger partial charge in [-0.25, -0.2) is 0 Å². The number of carboxylic acids is 1. The van der Waals surface area contributed by atoms with Crippen molar-refractivity contribution in [2.45, 2.75) is 19.9 Å². The highest BCUT2D eigenvalue weighted by atomic mass is 16.4. The van der Waals surface area contributed by atoms with Crippen LogP contribution in [-0.2, 0) is 4.79 Å². The predicted octanol–water partition coefficient (Wildman–Crippen LogP) is 2.40. The number of carboxylic acid groups (broad SMARTS) is 1. The van der Waals surface area contributed by atoms with Crippen molar-refractivity contribution in [1.29, 1.82) is 0 Å². The molecule has 0 radical (unpaired) electrons. The Kier molecular flexibility index (Phi) is 3.48. The second-order valence-corrected chi connectivity index (χ2v) is 4.96. The van der Waals surface area contributed by atoms with Crippen LogP contribution < -0.4 is 0 Å². The van der Waals surface area contributed by atoms with Crippen molar-refractivity contribution < 1.29 is 9.90 Å². The van der Waals surface area contributed by atoms with Gasteiger partial charge >= 0.3 is 5.97 Å². The predicted molar refractivity (Wildman–Crippen MR) is 66.7 cm³/mol. The lowest BCUT2D eigenvalue weighted by Gasteiger charge is -2.24. The van der Waals surface area contributed by atoms with E-state index >= 15 is 0 Å². The fraction of sp³-hybridized carbons (Fsp3) is 0.500. The first-order valence-corrected chi connectivity index (χ1v) is 6.11. The highest BCUT2D eigenvalue weighted by Crippen LogP contribution is 2.30. The Labute approximate surface area is 102 Å². The van der Waals surface area contributed by atoms with Gasteiger partial charge in [0.15, 0.2) is 0 Å². The molecule has 1 saturated heterocycles. The third-order valence-corrected chi connectivity index (χ3v) is 3.79. The van der Waals surface area contributed by atoms with Crippen LogP contribution >= 0.6 is 0 Å². The second kappa shape index (κ2) is 4.88. The zero-order valence-corrected chi connectivity index (χ0v) is 10.3. The van der Waals surface area contributed by atoms with Gasteiger partial charge < -0.3 is 5.11 Å². The van der Waals surface area contributed by atoms with E-state index in [1.807, 2.05) is 25.1 Å². The molecule has 3 unspecified atom stereocenters. The summed E-state index contributed by atoms with van der Waals surface area (Å²) in [6, 6.07) is 10.6. The van der Waals surface area contributed by atoms with Gasteiger partial charge in [-0.2, -0.15) is 0 Å². The number of nitrogens with zero attached hydrogens (tertiary/aromatic N) is 1. The molecule has 3 heteroatoms. The van der Waals surface area contributed by atoms with Gasteiger partial charge in [0.05, 0.1) is 5.92 Å². The zero-order valence-electron chi connectivity index (χ0n) is 10.3. The van der Waals surface area contributed by atoms with Crippen LogP contribution in [0.15, 0.2) is 30.3 Å². The first-order valence-electron chi connectivity index (χ1n) is 6.11. The van der Waals surface area contributed by atoms with Gasteiger partial charge in [0.25, 0.3) is 0 Å². The molecule has 3 atom stereocenters. The lowest BCUT2D eigenvalue weighted by atomic mass is 9.99. The maximum absolute atomic E-state index is 11.1. The molecule has 0 aliphatic carbocycles. The quantitative estimate of drug-likeness (QED) is 0.871. The van der Waals surface area contributed by atoms with Crippen molar-refractivity contribution in [3.8, 4) is 0 Å². The van der Waals surface area contributed by atoms with Crippen molar-refractivity contribution in [1.82, 2.24) is 4.90 Å². The number of hydrogen-bond donors (Lipinski definition) is 1. The molecule has 1 aromatic rings. The molecule has 0 amide bonds. The molecule has 0 aromatic heterocycles. The summed E-state index contributed by atoms with van der Waals surface area (Å²) in [7, 11) is 0. The van der Waals surface area contributed by atoms with Crippen LogP contribution in [0.25, 0.3) is 0 Å².